The fourth-order valence-electron chi connectivity index (χ4n) is 3.47. The molecular formula is C17H13FN6O2. The number of fused-ring (bicyclic) bond motifs is 1. The first-order valence-electron chi connectivity index (χ1n) is 8.11. The summed E-state index contributed by atoms with van der Waals surface area (Å²) < 4.78 is 17.5. The molecule has 9 heteroatoms. The highest BCUT2D eigenvalue weighted by Crippen LogP contribution is 2.63. The molecule has 1 fully saturated rings. The van der Waals surface area contributed by atoms with Crippen molar-refractivity contribution >= 4 is 0 Å². The first kappa shape index (κ1) is 14.9. The molecule has 3 aromatic rings. The maximum Gasteiger partial charge on any atom is 0.317 e. The van der Waals surface area contributed by atoms with Crippen molar-refractivity contribution in [1.29, 1.82) is 0 Å². The van der Waals surface area contributed by atoms with Gasteiger partial charge in [-0.3, -0.25) is 19.1 Å². The van der Waals surface area contributed by atoms with Crippen LogP contribution in [0, 0.1) is 0 Å². The van der Waals surface area contributed by atoms with Crippen molar-refractivity contribution in [3.63, 3.8) is 0 Å². The second-order valence-corrected chi connectivity index (χ2v) is 6.53. The predicted octanol–water partition coefficient (Wildman–Crippen LogP) is 0.760. The Bertz CT molecular complexity index is 1160. The molecule has 0 radical (unpaired) electrons. The highest BCUT2D eigenvalue weighted by molar-refractivity contribution is 5.49. The number of hydrogen-bond donors (Lipinski definition) is 0. The lowest BCUT2D eigenvalue weighted by Gasteiger charge is -2.23. The van der Waals surface area contributed by atoms with Crippen LogP contribution in [-0.4, -0.2) is 29.1 Å². The second-order valence-electron chi connectivity index (χ2n) is 6.53. The Hall–Kier alpha value is -3.36. The van der Waals surface area contributed by atoms with E-state index in [2.05, 4.69) is 15.3 Å². The molecule has 26 heavy (non-hydrogen) atoms. The molecule has 0 aliphatic heterocycles. The molecule has 1 unspecified atom stereocenters. The first-order chi connectivity index (χ1) is 12.6. The van der Waals surface area contributed by atoms with Gasteiger partial charge in [0, 0.05) is 25.2 Å². The SMILES string of the molecule is O=c1c(=O)n(C23CC(F)=C2C3)ccn1Cc1ccc(-n2ccnn2)cn1. The van der Waals surface area contributed by atoms with Crippen molar-refractivity contribution in [2.24, 2.45) is 0 Å². The molecule has 5 rings (SSSR count). The third-order valence-corrected chi connectivity index (χ3v) is 5.03. The fourth-order valence-corrected chi connectivity index (χ4v) is 3.47. The average molecular weight is 352 g/mol. The molecule has 2 aliphatic rings. The predicted molar refractivity (Wildman–Crippen MR) is 88.6 cm³/mol. The summed E-state index contributed by atoms with van der Waals surface area (Å²) in [5, 5.41) is 7.61. The fraction of sp³-hybridized carbons (Fsp3) is 0.235. The highest BCUT2D eigenvalue weighted by atomic mass is 19.1. The van der Waals surface area contributed by atoms with Gasteiger partial charge in [0.2, 0.25) is 0 Å². The Morgan fingerprint density at radius 1 is 1.12 bits per heavy atom. The lowest BCUT2D eigenvalue weighted by Crippen LogP contribution is -2.45. The van der Waals surface area contributed by atoms with Crippen LogP contribution < -0.4 is 11.1 Å². The number of rotatable bonds is 4. The number of allylic oxidation sites excluding steroid dienone is 2. The maximum atomic E-state index is 13.3. The summed E-state index contributed by atoms with van der Waals surface area (Å²) in [6.07, 6.45) is 8.73. The van der Waals surface area contributed by atoms with E-state index in [1.807, 2.05) is 0 Å². The van der Waals surface area contributed by atoms with Crippen LogP contribution in [0.15, 0.2) is 64.1 Å². The van der Waals surface area contributed by atoms with E-state index < -0.39 is 16.7 Å². The molecule has 0 N–H and O–H groups in total. The minimum atomic E-state index is -0.636. The third-order valence-electron chi connectivity index (χ3n) is 5.03. The topological polar surface area (TPSA) is 87.6 Å². The van der Waals surface area contributed by atoms with Gasteiger partial charge in [-0.2, -0.15) is 0 Å². The van der Waals surface area contributed by atoms with E-state index in [0.29, 0.717) is 17.7 Å². The van der Waals surface area contributed by atoms with E-state index in [1.54, 1.807) is 47.8 Å². The molecule has 0 saturated heterocycles. The molecule has 3 aromatic heterocycles. The number of pyridine rings is 1. The third kappa shape index (κ3) is 2.03. The summed E-state index contributed by atoms with van der Waals surface area (Å²) in [5.74, 6) is -0.155. The van der Waals surface area contributed by atoms with Crippen LogP contribution in [0.4, 0.5) is 4.39 Å². The lowest BCUT2D eigenvalue weighted by atomic mass is 10.0. The summed E-state index contributed by atoms with van der Waals surface area (Å²) in [7, 11) is 0. The standard InChI is InChI=1S/C17H13FN6O2/c18-14-8-17(7-13(14)17)23-6-5-22(15(25)16(23)26)10-11-1-2-12(9-19-11)24-4-3-20-21-24/h1-6,9H,7-8,10H2. The van der Waals surface area contributed by atoms with Crippen molar-refractivity contribution < 1.29 is 4.39 Å². The van der Waals surface area contributed by atoms with Gasteiger partial charge in [-0.15, -0.1) is 5.10 Å². The van der Waals surface area contributed by atoms with Gasteiger partial charge in [-0.1, -0.05) is 5.21 Å². The van der Waals surface area contributed by atoms with E-state index in [1.165, 1.54) is 9.13 Å². The Morgan fingerprint density at radius 3 is 2.62 bits per heavy atom. The normalized spacial score (nSPS) is 20.7. The van der Waals surface area contributed by atoms with Crippen LogP contribution in [0.2, 0.25) is 0 Å². The molecule has 0 aromatic carbocycles. The molecule has 130 valence electrons. The van der Waals surface area contributed by atoms with E-state index in [9.17, 15) is 14.0 Å². The zero-order chi connectivity index (χ0) is 17.9. The van der Waals surface area contributed by atoms with E-state index in [4.69, 9.17) is 0 Å². The van der Waals surface area contributed by atoms with Gasteiger partial charge in [-0.25, -0.2) is 9.07 Å². The summed E-state index contributed by atoms with van der Waals surface area (Å²) >= 11 is 0. The number of halogens is 1. The lowest BCUT2D eigenvalue weighted by molar-refractivity contribution is 0.385. The maximum absolute atomic E-state index is 13.3. The van der Waals surface area contributed by atoms with Gasteiger partial charge in [0.1, 0.15) is 5.83 Å². The summed E-state index contributed by atoms with van der Waals surface area (Å²) in [6.45, 7) is 0.177. The van der Waals surface area contributed by atoms with Gasteiger partial charge in [-0.05, 0) is 17.7 Å². The molecular weight excluding hydrogens is 339 g/mol. The van der Waals surface area contributed by atoms with Crippen molar-refractivity contribution in [3.05, 3.63) is 80.9 Å². The number of aromatic nitrogens is 6. The molecule has 0 amide bonds. The Morgan fingerprint density at radius 2 is 2.00 bits per heavy atom. The first-order valence-corrected chi connectivity index (χ1v) is 8.11. The smallest absolute Gasteiger partial charge is 0.303 e. The molecule has 0 bridgehead atoms. The number of hydrogen-bond acceptors (Lipinski definition) is 5. The summed E-state index contributed by atoms with van der Waals surface area (Å²) in [6, 6.07) is 3.57. The van der Waals surface area contributed by atoms with Gasteiger partial charge >= 0.3 is 11.1 Å². The van der Waals surface area contributed by atoms with Crippen LogP contribution in [0.25, 0.3) is 5.69 Å². The van der Waals surface area contributed by atoms with Crippen LogP contribution >= 0.6 is 0 Å². The van der Waals surface area contributed by atoms with Gasteiger partial charge in [0.25, 0.3) is 0 Å². The summed E-state index contributed by atoms with van der Waals surface area (Å²) in [5.41, 5.74) is 0.178. The minimum absolute atomic E-state index is 0.155. The Labute approximate surface area is 145 Å². The van der Waals surface area contributed by atoms with Crippen LogP contribution in [0.5, 0.6) is 0 Å². The molecule has 8 nitrogen and oxygen atoms in total. The Balaban J connectivity index is 1.42. The van der Waals surface area contributed by atoms with Crippen LogP contribution in [0.3, 0.4) is 0 Å². The van der Waals surface area contributed by atoms with E-state index in [-0.39, 0.29) is 18.8 Å². The molecule has 1 atom stereocenters. The molecule has 3 heterocycles. The van der Waals surface area contributed by atoms with Crippen molar-refractivity contribution in [3.8, 4) is 5.69 Å². The quantitative estimate of drug-likeness (QED) is 0.647. The van der Waals surface area contributed by atoms with Gasteiger partial charge in [0.15, 0.2) is 0 Å². The second kappa shape index (κ2) is 5.07. The molecule has 1 saturated carbocycles. The largest absolute Gasteiger partial charge is 0.317 e. The van der Waals surface area contributed by atoms with Crippen molar-refractivity contribution in [2.45, 2.75) is 24.9 Å². The molecule has 0 spiro atoms. The highest BCUT2D eigenvalue weighted by Gasteiger charge is 2.61. The van der Waals surface area contributed by atoms with E-state index in [0.717, 1.165) is 5.69 Å². The number of nitrogens with zero attached hydrogens (tertiary/aromatic N) is 6. The van der Waals surface area contributed by atoms with Crippen LogP contribution in [0.1, 0.15) is 18.5 Å². The van der Waals surface area contributed by atoms with Crippen molar-refractivity contribution in [1.82, 2.24) is 29.1 Å². The van der Waals surface area contributed by atoms with Crippen molar-refractivity contribution in [2.75, 3.05) is 0 Å². The molecule has 2 aliphatic carbocycles. The van der Waals surface area contributed by atoms with E-state index >= 15 is 0 Å². The minimum Gasteiger partial charge on any atom is -0.303 e. The Kier molecular flexibility index (Phi) is 2.91. The zero-order valence-electron chi connectivity index (χ0n) is 13.5. The zero-order valence-corrected chi connectivity index (χ0v) is 13.5. The van der Waals surface area contributed by atoms with Crippen LogP contribution in [-0.2, 0) is 12.1 Å². The average Bonchev–Trinajstić information content (AvgIpc) is 3.00. The van der Waals surface area contributed by atoms with Gasteiger partial charge < -0.3 is 4.57 Å². The summed E-state index contributed by atoms with van der Waals surface area (Å²) in [4.78, 5) is 29.1. The van der Waals surface area contributed by atoms with Gasteiger partial charge in [0.05, 0.1) is 42.1 Å². The monoisotopic (exact) mass is 352 g/mol.